The van der Waals surface area contributed by atoms with Gasteiger partial charge in [-0.05, 0) is 25.1 Å². The second-order valence-corrected chi connectivity index (χ2v) is 7.26. The van der Waals surface area contributed by atoms with E-state index in [0.717, 1.165) is 10.5 Å². The van der Waals surface area contributed by atoms with Gasteiger partial charge in [-0.25, -0.2) is 19.4 Å². The first-order chi connectivity index (χ1) is 15.6. The number of ether oxygens (including phenoxy) is 1. The Labute approximate surface area is 183 Å². The molecule has 0 aliphatic carbocycles. The number of hydrogen-bond donors (Lipinski definition) is 0. The van der Waals surface area contributed by atoms with Gasteiger partial charge in [-0.1, -0.05) is 42.5 Å². The quantitative estimate of drug-likeness (QED) is 0.358. The molecular weight excluding hydrogens is 408 g/mol. The molecule has 0 spiro atoms. The SMILES string of the molecule is CCn1ncc2c(C(=O)OCN3C(=O)c4ccccc4C3=O)cc(-c3ccccc3)nc21. The second kappa shape index (κ2) is 7.73. The van der Waals surface area contributed by atoms with Gasteiger partial charge < -0.3 is 4.74 Å². The van der Waals surface area contributed by atoms with Crippen LogP contribution >= 0.6 is 0 Å². The lowest BCUT2D eigenvalue weighted by Crippen LogP contribution is -2.33. The summed E-state index contributed by atoms with van der Waals surface area (Å²) < 4.78 is 7.10. The smallest absolute Gasteiger partial charge is 0.340 e. The lowest BCUT2D eigenvalue weighted by atomic mass is 10.1. The monoisotopic (exact) mass is 426 g/mol. The molecule has 0 saturated heterocycles. The van der Waals surface area contributed by atoms with Gasteiger partial charge in [-0.2, -0.15) is 5.10 Å². The van der Waals surface area contributed by atoms with Crippen LogP contribution in [0.1, 0.15) is 38.0 Å². The number of rotatable bonds is 5. The van der Waals surface area contributed by atoms with Crippen LogP contribution in [0, 0.1) is 0 Å². The van der Waals surface area contributed by atoms with E-state index in [1.165, 1.54) is 0 Å². The van der Waals surface area contributed by atoms with Gasteiger partial charge >= 0.3 is 5.97 Å². The van der Waals surface area contributed by atoms with Gasteiger partial charge in [0.2, 0.25) is 0 Å². The lowest BCUT2D eigenvalue weighted by Gasteiger charge is -2.14. The van der Waals surface area contributed by atoms with Gasteiger partial charge in [0.05, 0.1) is 34.0 Å². The predicted octanol–water partition coefficient (Wildman–Crippen LogP) is 3.53. The molecule has 8 heteroatoms. The first-order valence-corrected chi connectivity index (χ1v) is 10.1. The Morgan fingerprint density at radius 1 is 0.969 bits per heavy atom. The van der Waals surface area contributed by atoms with Crippen molar-refractivity contribution in [3.63, 3.8) is 0 Å². The third kappa shape index (κ3) is 3.13. The van der Waals surface area contributed by atoms with Gasteiger partial charge in [0, 0.05) is 12.1 Å². The zero-order valence-corrected chi connectivity index (χ0v) is 17.2. The minimum absolute atomic E-state index is 0.269. The summed E-state index contributed by atoms with van der Waals surface area (Å²) in [4.78, 5) is 43.7. The Kier molecular flexibility index (Phi) is 4.74. The van der Waals surface area contributed by atoms with Crippen molar-refractivity contribution in [1.29, 1.82) is 0 Å². The number of hydrogen-bond acceptors (Lipinski definition) is 6. The first kappa shape index (κ1) is 19.6. The average molecular weight is 426 g/mol. The fourth-order valence-electron chi connectivity index (χ4n) is 3.76. The lowest BCUT2D eigenvalue weighted by molar-refractivity contribution is 0.0229. The number of amides is 2. The summed E-state index contributed by atoms with van der Waals surface area (Å²) in [6.45, 7) is 2.04. The zero-order chi connectivity index (χ0) is 22.2. The Hall–Kier alpha value is -4.33. The summed E-state index contributed by atoms with van der Waals surface area (Å²) in [5.74, 6) is -1.63. The minimum atomic E-state index is -0.665. The van der Waals surface area contributed by atoms with Crippen molar-refractivity contribution in [1.82, 2.24) is 19.7 Å². The van der Waals surface area contributed by atoms with Crippen LogP contribution < -0.4 is 0 Å². The maximum Gasteiger partial charge on any atom is 0.340 e. The molecular formula is C24H18N4O4. The number of aryl methyl sites for hydroxylation is 1. The number of benzene rings is 2. The van der Waals surface area contributed by atoms with Gasteiger partial charge in [0.25, 0.3) is 11.8 Å². The Bertz CT molecular complexity index is 1340. The highest BCUT2D eigenvalue weighted by atomic mass is 16.5. The van der Waals surface area contributed by atoms with Crippen LogP contribution in [-0.4, -0.2) is 44.2 Å². The molecule has 0 unspecified atom stereocenters. The molecule has 0 atom stereocenters. The van der Waals surface area contributed by atoms with E-state index in [2.05, 4.69) is 10.1 Å². The van der Waals surface area contributed by atoms with Crippen LogP contribution in [0.2, 0.25) is 0 Å². The van der Waals surface area contributed by atoms with Crippen LogP contribution in [-0.2, 0) is 11.3 Å². The van der Waals surface area contributed by atoms with E-state index in [4.69, 9.17) is 4.74 Å². The Morgan fingerprint density at radius 2 is 1.62 bits per heavy atom. The highest BCUT2D eigenvalue weighted by molar-refractivity contribution is 6.21. The zero-order valence-electron chi connectivity index (χ0n) is 17.2. The second-order valence-electron chi connectivity index (χ2n) is 7.26. The van der Waals surface area contributed by atoms with Crippen LogP contribution in [0.5, 0.6) is 0 Å². The molecule has 1 aliphatic rings. The van der Waals surface area contributed by atoms with Gasteiger partial charge in [0.15, 0.2) is 12.4 Å². The minimum Gasteiger partial charge on any atom is -0.440 e. The topological polar surface area (TPSA) is 94.4 Å². The van der Waals surface area contributed by atoms with Crippen molar-refractivity contribution in [3.8, 4) is 11.3 Å². The average Bonchev–Trinajstić information content (AvgIpc) is 3.36. The number of imide groups is 1. The molecule has 0 N–H and O–H groups in total. The number of fused-ring (bicyclic) bond motifs is 2. The van der Waals surface area contributed by atoms with Crippen LogP contribution in [0.4, 0.5) is 0 Å². The fraction of sp³-hybridized carbons (Fsp3) is 0.125. The van der Waals surface area contributed by atoms with E-state index >= 15 is 0 Å². The molecule has 0 bridgehead atoms. The Balaban J connectivity index is 1.47. The number of aromatic nitrogens is 3. The molecule has 0 fully saturated rings. The van der Waals surface area contributed by atoms with Gasteiger partial charge in [0.1, 0.15) is 0 Å². The van der Waals surface area contributed by atoms with E-state index in [9.17, 15) is 14.4 Å². The normalized spacial score (nSPS) is 13.0. The number of carbonyl (C=O) groups is 3. The third-order valence-electron chi connectivity index (χ3n) is 5.40. The molecule has 5 rings (SSSR count). The molecule has 0 radical (unpaired) electrons. The molecule has 4 aromatic rings. The highest BCUT2D eigenvalue weighted by Gasteiger charge is 2.36. The highest BCUT2D eigenvalue weighted by Crippen LogP contribution is 2.26. The molecule has 0 saturated carbocycles. The summed E-state index contributed by atoms with van der Waals surface area (Å²) in [5, 5.41) is 4.85. The Morgan fingerprint density at radius 3 is 2.28 bits per heavy atom. The summed E-state index contributed by atoms with van der Waals surface area (Å²) >= 11 is 0. The molecule has 2 aromatic carbocycles. The number of esters is 1. The van der Waals surface area contributed by atoms with Crippen molar-refractivity contribution >= 4 is 28.8 Å². The molecule has 2 aromatic heterocycles. The van der Waals surface area contributed by atoms with E-state index in [1.54, 1.807) is 41.2 Å². The van der Waals surface area contributed by atoms with Crippen molar-refractivity contribution in [3.05, 3.63) is 83.6 Å². The fourth-order valence-corrected chi connectivity index (χ4v) is 3.76. The largest absolute Gasteiger partial charge is 0.440 e. The van der Waals surface area contributed by atoms with Crippen molar-refractivity contribution < 1.29 is 19.1 Å². The molecule has 3 heterocycles. The molecule has 1 aliphatic heterocycles. The first-order valence-electron chi connectivity index (χ1n) is 10.1. The summed E-state index contributed by atoms with van der Waals surface area (Å²) in [5.41, 5.74) is 2.87. The summed E-state index contributed by atoms with van der Waals surface area (Å²) in [7, 11) is 0. The number of carbonyl (C=O) groups excluding carboxylic acids is 3. The van der Waals surface area contributed by atoms with Crippen LogP contribution in [0.15, 0.2) is 66.9 Å². The molecule has 8 nitrogen and oxygen atoms in total. The van der Waals surface area contributed by atoms with Crippen molar-refractivity contribution in [2.24, 2.45) is 0 Å². The van der Waals surface area contributed by atoms with Crippen molar-refractivity contribution in [2.45, 2.75) is 13.5 Å². The van der Waals surface area contributed by atoms with E-state index < -0.39 is 24.5 Å². The summed E-state index contributed by atoms with van der Waals surface area (Å²) in [6, 6.07) is 17.6. The molecule has 32 heavy (non-hydrogen) atoms. The van der Waals surface area contributed by atoms with Crippen LogP contribution in [0.25, 0.3) is 22.3 Å². The predicted molar refractivity (Wildman–Crippen MR) is 116 cm³/mol. The maximum absolute atomic E-state index is 13.0. The van der Waals surface area contributed by atoms with Crippen molar-refractivity contribution in [2.75, 3.05) is 6.73 Å². The molecule has 2 amide bonds. The van der Waals surface area contributed by atoms with Crippen LogP contribution in [0.3, 0.4) is 0 Å². The van der Waals surface area contributed by atoms with E-state index in [0.29, 0.717) is 34.4 Å². The van der Waals surface area contributed by atoms with Gasteiger partial charge in [-0.15, -0.1) is 0 Å². The third-order valence-corrected chi connectivity index (χ3v) is 5.40. The maximum atomic E-state index is 13.0. The summed E-state index contributed by atoms with van der Waals surface area (Å²) in [6.07, 6.45) is 1.57. The number of nitrogens with zero attached hydrogens (tertiary/aromatic N) is 4. The standard InChI is InChI=1S/C24H18N4O4/c1-2-28-21-19(13-25-28)18(12-20(26-21)15-8-4-3-5-9-15)24(31)32-14-27-22(29)16-10-6-7-11-17(16)23(27)30/h3-13H,2,14H2,1H3. The molecule has 158 valence electrons. The van der Waals surface area contributed by atoms with Gasteiger partial charge in [-0.3, -0.25) is 9.59 Å². The van der Waals surface area contributed by atoms with E-state index in [-0.39, 0.29) is 5.56 Å². The number of pyridine rings is 1. The van der Waals surface area contributed by atoms with E-state index in [1.807, 2.05) is 37.3 Å².